The average molecular weight is 383 g/mol. The van der Waals surface area contributed by atoms with Crippen molar-refractivity contribution in [2.45, 2.75) is 25.5 Å². The molecule has 0 bridgehead atoms. The summed E-state index contributed by atoms with van der Waals surface area (Å²) in [6.45, 7) is 3.53. The van der Waals surface area contributed by atoms with Crippen molar-refractivity contribution in [3.8, 4) is 0 Å². The summed E-state index contributed by atoms with van der Waals surface area (Å²) in [5.41, 5.74) is 0.720. The van der Waals surface area contributed by atoms with Crippen molar-refractivity contribution in [1.29, 1.82) is 0 Å². The highest BCUT2D eigenvalue weighted by molar-refractivity contribution is 8.15. The van der Waals surface area contributed by atoms with E-state index in [9.17, 15) is 14.4 Å². The van der Waals surface area contributed by atoms with Gasteiger partial charge in [-0.05, 0) is 32.0 Å². The molecule has 2 amide bonds. The maximum absolute atomic E-state index is 12.1. The van der Waals surface area contributed by atoms with Gasteiger partial charge in [0.2, 0.25) is 11.8 Å². The van der Waals surface area contributed by atoms with Crippen LogP contribution in [0.3, 0.4) is 0 Å². The van der Waals surface area contributed by atoms with E-state index in [2.05, 4.69) is 20.8 Å². The van der Waals surface area contributed by atoms with Gasteiger partial charge in [0.1, 0.15) is 5.25 Å². The fraction of sp³-hybridized carbons (Fsp3) is 0.267. The van der Waals surface area contributed by atoms with Crippen molar-refractivity contribution in [1.82, 2.24) is 5.32 Å². The third-order valence-corrected chi connectivity index (χ3v) is 4.28. The lowest BCUT2D eigenvalue weighted by Crippen LogP contribution is -2.28. The first kappa shape index (κ1) is 18.9. The van der Waals surface area contributed by atoms with E-state index < -0.39 is 17.1 Å². The Kier molecular flexibility index (Phi) is 6.16. The van der Waals surface area contributed by atoms with Crippen molar-refractivity contribution in [2.75, 3.05) is 5.32 Å². The number of anilines is 1. The number of carboxylic acids is 1. The third-order valence-electron chi connectivity index (χ3n) is 2.97. The Morgan fingerprint density at radius 1 is 1.40 bits per heavy atom. The Balaban J connectivity index is 2.04. The zero-order chi connectivity index (χ0) is 18.6. The molecule has 1 aliphatic rings. The number of amidine groups is 1. The number of thioether (sulfide) groups is 1. The molecule has 1 saturated heterocycles. The Labute approximate surface area is 152 Å². The van der Waals surface area contributed by atoms with Crippen molar-refractivity contribution < 1.29 is 19.5 Å². The Morgan fingerprint density at radius 3 is 2.76 bits per heavy atom. The molecule has 1 aromatic carbocycles. The van der Waals surface area contributed by atoms with Gasteiger partial charge in [-0.3, -0.25) is 9.59 Å². The topological polar surface area (TPSA) is 120 Å². The van der Waals surface area contributed by atoms with Crippen LogP contribution >= 0.6 is 23.4 Å². The number of hydrogen-bond acceptors (Lipinski definition) is 6. The van der Waals surface area contributed by atoms with E-state index in [4.69, 9.17) is 16.7 Å². The summed E-state index contributed by atoms with van der Waals surface area (Å²) in [5, 5.41) is 21.8. The summed E-state index contributed by atoms with van der Waals surface area (Å²) in [4.78, 5) is 35.2. The van der Waals surface area contributed by atoms with Gasteiger partial charge in [0.15, 0.2) is 5.17 Å². The lowest BCUT2D eigenvalue weighted by Gasteiger charge is -2.10. The van der Waals surface area contributed by atoms with Crippen LogP contribution in [0.15, 0.2) is 28.4 Å². The van der Waals surface area contributed by atoms with Crippen LogP contribution in [-0.2, 0) is 9.59 Å². The molecule has 0 radical (unpaired) electrons. The van der Waals surface area contributed by atoms with Crippen LogP contribution in [0.5, 0.6) is 0 Å². The molecule has 0 spiro atoms. The van der Waals surface area contributed by atoms with E-state index in [1.807, 2.05) is 0 Å². The summed E-state index contributed by atoms with van der Waals surface area (Å²) in [6, 6.07) is 4.11. The van der Waals surface area contributed by atoms with E-state index in [-0.39, 0.29) is 28.6 Å². The molecule has 1 fully saturated rings. The molecule has 132 valence electrons. The maximum Gasteiger partial charge on any atom is 0.337 e. The fourth-order valence-electron chi connectivity index (χ4n) is 1.90. The minimum atomic E-state index is -1.21. The largest absolute Gasteiger partial charge is 0.478 e. The standard InChI is InChI=1S/C15H15ClN4O4S/c1-7(2)19-20-15-18-13(22)11(25-15)6-12(21)17-10-4-3-8(16)5-9(10)14(23)24/h3-5,11H,6H2,1-2H3,(H,17,21)(H,23,24)(H,18,20,22). The fourth-order valence-corrected chi connectivity index (χ4v) is 2.99. The SMILES string of the molecule is CC(C)=N/N=C1\NC(=O)C(CC(=O)Nc2ccc(Cl)cc2C(=O)O)S1. The van der Waals surface area contributed by atoms with Gasteiger partial charge in [-0.1, -0.05) is 23.4 Å². The van der Waals surface area contributed by atoms with Crippen molar-refractivity contribution >= 4 is 57.7 Å². The van der Waals surface area contributed by atoms with Gasteiger partial charge in [-0.15, -0.1) is 5.10 Å². The molecule has 1 heterocycles. The van der Waals surface area contributed by atoms with Gasteiger partial charge in [-0.2, -0.15) is 5.10 Å². The first-order chi connectivity index (χ1) is 11.8. The number of carbonyl (C=O) groups is 3. The number of aromatic carboxylic acids is 1. The molecule has 1 aromatic rings. The van der Waals surface area contributed by atoms with Gasteiger partial charge in [0, 0.05) is 17.2 Å². The van der Waals surface area contributed by atoms with E-state index in [1.165, 1.54) is 18.2 Å². The van der Waals surface area contributed by atoms with Gasteiger partial charge in [0.05, 0.1) is 11.3 Å². The van der Waals surface area contributed by atoms with Gasteiger partial charge >= 0.3 is 5.97 Å². The van der Waals surface area contributed by atoms with E-state index in [0.29, 0.717) is 5.17 Å². The van der Waals surface area contributed by atoms with Crippen LogP contribution in [0.25, 0.3) is 0 Å². The predicted molar refractivity (Wildman–Crippen MR) is 97.4 cm³/mol. The second-order valence-electron chi connectivity index (χ2n) is 5.30. The molecule has 0 aromatic heterocycles. The zero-order valence-corrected chi connectivity index (χ0v) is 14.9. The number of nitrogens with one attached hydrogen (secondary N) is 2. The number of nitrogens with zero attached hydrogens (tertiary/aromatic N) is 2. The maximum atomic E-state index is 12.1. The third kappa shape index (κ3) is 5.30. The molecular weight excluding hydrogens is 368 g/mol. The minimum Gasteiger partial charge on any atom is -0.478 e. The van der Waals surface area contributed by atoms with Crippen LogP contribution in [0.2, 0.25) is 5.02 Å². The lowest BCUT2D eigenvalue weighted by atomic mass is 10.1. The summed E-state index contributed by atoms with van der Waals surface area (Å²) < 4.78 is 0. The molecule has 0 aliphatic carbocycles. The molecule has 1 aliphatic heterocycles. The number of hydrogen-bond donors (Lipinski definition) is 3. The summed E-state index contributed by atoms with van der Waals surface area (Å²) in [5.74, 6) is -2.06. The second-order valence-corrected chi connectivity index (χ2v) is 6.92. The van der Waals surface area contributed by atoms with Crippen LogP contribution < -0.4 is 10.6 Å². The van der Waals surface area contributed by atoms with Crippen molar-refractivity contribution in [3.05, 3.63) is 28.8 Å². The summed E-state index contributed by atoms with van der Waals surface area (Å²) in [7, 11) is 0. The quantitative estimate of drug-likeness (QED) is 0.533. The van der Waals surface area contributed by atoms with Crippen LogP contribution in [0, 0.1) is 0 Å². The number of halogens is 1. The van der Waals surface area contributed by atoms with Crippen LogP contribution in [0.4, 0.5) is 5.69 Å². The zero-order valence-electron chi connectivity index (χ0n) is 13.4. The smallest absolute Gasteiger partial charge is 0.337 e. The highest BCUT2D eigenvalue weighted by atomic mass is 35.5. The van der Waals surface area contributed by atoms with E-state index in [0.717, 1.165) is 17.5 Å². The Morgan fingerprint density at radius 2 is 2.12 bits per heavy atom. The van der Waals surface area contributed by atoms with E-state index in [1.54, 1.807) is 13.8 Å². The molecule has 8 nitrogen and oxygen atoms in total. The minimum absolute atomic E-state index is 0.116. The predicted octanol–water partition coefficient (Wildman–Crippen LogP) is 2.35. The molecule has 0 saturated carbocycles. The average Bonchev–Trinajstić information content (AvgIpc) is 2.87. The van der Waals surface area contributed by atoms with Crippen LogP contribution in [0.1, 0.15) is 30.6 Å². The van der Waals surface area contributed by atoms with Crippen molar-refractivity contribution in [3.63, 3.8) is 0 Å². The molecule has 1 atom stereocenters. The Bertz CT molecular complexity index is 790. The number of amides is 2. The number of carbonyl (C=O) groups excluding carboxylic acids is 2. The summed E-state index contributed by atoms with van der Waals surface area (Å²) >= 11 is 6.86. The first-order valence-electron chi connectivity index (χ1n) is 7.15. The number of benzene rings is 1. The molecule has 25 heavy (non-hydrogen) atoms. The summed E-state index contributed by atoms with van der Waals surface area (Å²) in [6.07, 6.45) is -0.133. The molecule has 10 heteroatoms. The highest BCUT2D eigenvalue weighted by Gasteiger charge is 2.32. The monoisotopic (exact) mass is 382 g/mol. The molecule has 2 rings (SSSR count). The number of rotatable bonds is 5. The molecular formula is C15H15ClN4O4S. The van der Waals surface area contributed by atoms with E-state index >= 15 is 0 Å². The van der Waals surface area contributed by atoms with Gasteiger partial charge < -0.3 is 15.7 Å². The second kappa shape index (κ2) is 8.13. The van der Waals surface area contributed by atoms with Crippen LogP contribution in [-0.4, -0.2) is 39.0 Å². The highest BCUT2D eigenvalue weighted by Crippen LogP contribution is 2.25. The molecule has 1 unspecified atom stereocenters. The van der Waals surface area contributed by atoms with Crippen molar-refractivity contribution in [2.24, 2.45) is 10.2 Å². The normalized spacial score (nSPS) is 18.0. The molecule has 3 N–H and O–H groups in total. The Hall–Kier alpha value is -2.39. The van der Waals surface area contributed by atoms with Gasteiger partial charge in [-0.25, -0.2) is 4.79 Å². The first-order valence-corrected chi connectivity index (χ1v) is 8.41. The number of carboxylic acid groups (broad SMARTS) is 1. The van der Waals surface area contributed by atoms with Gasteiger partial charge in [0.25, 0.3) is 0 Å². The lowest BCUT2D eigenvalue weighted by molar-refractivity contribution is -0.122.